The van der Waals surface area contributed by atoms with E-state index in [0.717, 1.165) is 22.5 Å². The van der Waals surface area contributed by atoms with Crippen LogP contribution in [0.2, 0.25) is 10.3 Å². The molecule has 0 spiro atoms. The minimum Gasteiger partial charge on any atom is -0.378 e. The van der Waals surface area contributed by atoms with E-state index in [4.69, 9.17) is 23.2 Å². The first-order valence-corrected chi connectivity index (χ1v) is 6.28. The molecule has 0 aliphatic heterocycles. The molecule has 2 aromatic rings. The third-order valence-electron chi connectivity index (χ3n) is 2.71. The second-order valence-corrected chi connectivity index (χ2v) is 4.94. The lowest BCUT2D eigenvalue weighted by Gasteiger charge is -2.10. The molecule has 0 saturated carbocycles. The molecule has 1 N–H and O–H groups in total. The highest BCUT2D eigenvalue weighted by Crippen LogP contribution is 2.27. The molecule has 0 amide bonds. The van der Waals surface area contributed by atoms with Crippen LogP contribution >= 0.6 is 23.2 Å². The zero-order valence-electron chi connectivity index (χ0n) is 10.5. The monoisotopic (exact) mass is 284 g/mol. The van der Waals surface area contributed by atoms with E-state index in [1.54, 1.807) is 10.7 Å². The molecule has 6 heteroatoms. The predicted molar refractivity (Wildman–Crippen MR) is 74.3 cm³/mol. The molecule has 0 saturated heterocycles. The Morgan fingerprint density at radius 1 is 1.33 bits per heavy atom. The molecule has 0 radical (unpaired) electrons. The van der Waals surface area contributed by atoms with Crippen molar-refractivity contribution in [1.29, 1.82) is 0 Å². The number of hydrogen-bond acceptors (Lipinski definition) is 3. The van der Waals surface area contributed by atoms with Crippen LogP contribution in [0.4, 0.5) is 5.69 Å². The summed E-state index contributed by atoms with van der Waals surface area (Å²) in [5, 5.41) is 8.36. The summed E-state index contributed by atoms with van der Waals surface area (Å²) >= 11 is 11.9. The van der Waals surface area contributed by atoms with Crippen molar-refractivity contribution >= 4 is 28.9 Å². The maximum Gasteiger partial charge on any atom is 0.154 e. The summed E-state index contributed by atoms with van der Waals surface area (Å²) in [7, 11) is 1.90. The van der Waals surface area contributed by atoms with Crippen LogP contribution in [0.5, 0.6) is 0 Å². The van der Waals surface area contributed by atoms with Gasteiger partial charge in [0.25, 0.3) is 0 Å². The topological polar surface area (TPSA) is 42.7 Å². The standard InChI is InChI=1S/C12H14Cl2N4/c1-7-4-10(13)16-12(14)11(7)15-5-9-6-18(3)17-8(9)2/h4,6,15H,5H2,1-3H3. The van der Waals surface area contributed by atoms with Crippen molar-refractivity contribution in [2.24, 2.45) is 7.05 Å². The minimum absolute atomic E-state index is 0.390. The van der Waals surface area contributed by atoms with Crippen molar-refractivity contribution in [2.45, 2.75) is 20.4 Å². The molecule has 0 bridgehead atoms. The van der Waals surface area contributed by atoms with E-state index in [9.17, 15) is 0 Å². The molecule has 4 nitrogen and oxygen atoms in total. The molecule has 0 fully saturated rings. The Morgan fingerprint density at radius 3 is 2.61 bits per heavy atom. The van der Waals surface area contributed by atoms with E-state index >= 15 is 0 Å². The number of aryl methyl sites for hydroxylation is 3. The normalized spacial score (nSPS) is 10.7. The third kappa shape index (κ3) is 2.76. The maximum atomic E-state index is 6.07. The number of anilines is 1. The Bertz CT molecular complexity index is 554. The summed E-state index contributed by atoms with van der Waals surface area (Å²) in [5.74, 6) is 0. The zero-order valence-corrected chi connectivity index (χ0v) is 12.0. The predicted octanol–water partition coefficient (Wildman–Crippen LogP) is 3.35. The van der Waals surface area contributed by atoms with Gasteiger partial charge >= 0.3 is 0 Å². The number of nitrogens with zero attached hydrogens (tertiary/aromatic N) is 3. The van der Waals surface area contributed by atoms with E-state index in [0.29, 0.717) is 16.9 Å². The quantitative estimate of drug-likeness (QED) is 0.879. The first-order valence-electron chi connectivity index (χ1n) is 5.53. The van der Waals surface area contributed by atoms with Gasteiger partial charge in [-0.1, -0.05) is 23.2 Å². The second kappa shape index (κ2) is 5.16. The molecular formula is C12H14Cl2N4. The second-order valence-electron chi connectivity index (χ2n) is 4.19. The van der Waals surface area contributed by atoms with Crippen LogP contribution in [0.25, 0.3) is 0 Å². The first-order chi connectivity index (χ1) is 8.47. The summed E-state index contributed by atoms with van der Waals surface area (Å²) in [6.45, 7) is 4.58. The van der Waals surface area contributed by atoms with Gasteiger partial charge in [0.05, 0.1) is 11.4 Å². The molecule has 96 valence electrons. The van der Waals surface area contributed by atoms with Crippen LogP contribution < -0.4 is 5.32 Å². The van der Waals surface area contributed by atoms with Crippen molar-refractivity contribution in [1.82, 2.24) is 14.8 Å². The van der Waals surface area contributed by atoms with Crippen molar-refractivity contribution in [3.63, 3.8) is 0 Å². The number of pyridine rings is 1. The van der Waals surface area contributed by atoms with Crippen LogP contribution in [0.15, 0.2) is 12.3 Å². The van der Waals surface area contributed by atoms with Crippen LogP contribution in [0, 0.1) is 13.8 Å². The third-order valence-corrected chi connectivity index (χ3v) is 3.18. The summed E-state index contributed by atoms with van der Waals surface area (Å²) in [5.41, 5.74) is 3.91. The molecule has 0 atom stereocenters. The first kappa shape index (κ1) is 13.2. The molecule has 2 aromatic heterocycles. The highest BCUT2D eigenvalue weighted by Gasteiger charge is 2.09. The molecule has 2 heterocycles. The lowest BCUT2D eigenvalue weighted by Crippen LogP contribution is -2.03. The number of hydrogen-bond donors (Lipinski definition) is 1. The molecular weight excluding hydrogens is 271 g/mol. The number of rotatable bonds is 3. The van der Waals surface area contributed by atoms with E-state index in [1.807, 2.05) is 27.1 Å². The Kier molecular flexibility index (Phi) is 3.78. The van der Waals surface area contributed by atoms with Gasteiger partial charge in [-0.05, 0) is 25.5 Å². The van der Waals surface area contributed by atoms with Gasteiger partial charge in [-0.2, -0.15) is 5.10 Å². The fourth-order valence-electron chi connectivity index (χ4n) is 1.81. The molecule has 0 aliphatic carbocycles. The Morgan fingerprint density at radius 2 is 2.06 bits per heavy atom. The zero-order chi connectivity index (χ0) is 13.3. The molecule has 2 rings (SSSR count). The van der Waals surface area contributed by atoms with Gasteiger partial charge in [0.1, 0.15) is 5.15 Å². The van der Waals surface area contributed by atoms with Crippen molar-refractivity contribution < 1.29 is 0 Å². The minimum atomic E-state index is 0.390. The van der Waals surface area contributed by atoms with Crippen molar-refractivity contribution in [3.8, 4) is 0 Å². The van der Waals surface area contributed by atoms with Crippen LogP contribution in [0.3, 0.4) is 0 Å². The van der Waals surface area contributed by atoms with E-state index in [2.05, 4.69) is 15.4 Å². The van der Waals surface area contributed by atoms with E-state index in [-0.39, 0.29) is 0 Å². The number of halogens is 2. The molecule has 0 unspecified atom stereocenters. The van der Waals surface area contributed by atoms with Crippen LogP contribution in [-0.4, -0.2) is 14.8 Å². The summed E-state index contributed by atoms with van der Waals surface area (Å²) in [6, 6.07) is 1.78. The van der Waals surface area contributed by atoms with Gasteiger partial charge in [-0.3, -0.25) is 4.68 Å². The average molecular weight is 285 g/mol. The fraction of sp³-hybridized carbons (Fsp3) is 0.333. The number of aromatic nitrogens is 3. The van der Waals surface area contributed by atoms with Gasteiger partial charge in [0.15, 0.2) is 5.15 Å². The van der Waals surface area contributed by atoms with Gasteiger partial charge in [-0.15, -0.1) is 0 Å². The summed E-state index contributed by atoms with van der Waals surface area (Å²) in [6.07, 6.45) is 1.98. The molecule has 0 aliphatic rings. The van der Waals surface area contributed by atoms with E-state index in [1.165, 1.54) is 0 Å². The average Bonchev–Trinajstić information content (AvgIpc) is 2.55. The molecule has 0 aromatic carbocycles. The summed E-state index contributed by atoms with van der Waals surface area (Å²) in [4.78, 5) is 4.02. The summed E-state index contributed by atoms with van der Waals surface area (Å²) < 4.78 is 1.79. The van der Waals surface area contributed by atoms with Gasteiger partial charge in [0, 0.05) is 25.4 Å². The largest absolute Gasteiger partial charge is 0.378 e. The van der Waals surface area contributed by atoms with Crippen molar-refractivity contribution in [3.05, 3.63) is 39.4 Å². The van der Waals surface area contributed by atoms with E-state index < -0.39 is 0 Å². The van der Waals surface area contributed by atoms with Crippen molar-refractivity contribution in [2.75, 3.05) is 5.32 Å². The Hall–Kier alpha value is -1.26. The fourth-order valence-corrected chi connectivity index (χ4v) is 2.41. The van der Waals surface area contributed by atoms with Gasteiger partial charge in [-0.25, -0.2) is 4.98 Å². The maximum absolute atomic E-state index is 6.07. The smallest absolute Gasteiger partial charge is 0.154 e. The van der Waals surface area contributed by atoms with Crippen LogP contribution in [-0.2, 0) is 13.6 Å². The van der Waals surface area contributed by atoms with Gasteiger partial charge < -0.3 is 5.32 Å². The Balaban J connectivity index is 2.18. The Labute approximate surface area is 116 Å². The van der Waals surface area contributed by atoms with Crippen LogP contribution in [0.1, 0.15) is 16.8 Å². The van der Waals surface area contributed by atoms with Gasteiger partial charge in [0.2, 0.25) is 0 Å². The SMILES string of the molecule is Cc1cc(Cl)nc(Cl)c1NCc1cn(C)nc1C. The lowest BCUT2D eigenvalue weighted by molar-refractivity contribution is 0.756. The number of nitrogens with one attached hydrogen (secondary N) is 1. The lowest BCUT2D eigenvalue weighted by atomic mass is 10.2. The molecule has 18 heavy (non-hydrogen) atoms. The highest BCUT2D eigenvalue weighted by atomic mass is 35.5. The highest BCUT2D eigenvalue weighted by molar-refractivity contribution is 6.34.